The van der Waals surface area contributed by atoms with Crippen LogP contribution in [0.4, 0.5) is 8.78 Å². The van der Waals surface area contributed by atoms with Crippen molar-refractivity contribution in [1.82, 2.24) is 10.2 Å². The second-order valence-electron chi connectivity index (χ2n) is 4.37. The molecule has 2 rings (SSSR count). The number of rotatable bonds is 5. The molecule has 1 aromatic rings. The summed E-state index contributed by atoms with van der Waals surface area (Å²) in [4.78, 5) is 2.37. The fraction of sp³-hybridized carbons (Fsp3) is 0.538. The Morgan fingerprint density at radius 3 is 2.67 bits per heavy atom. The molecular weight excluding hydrogens is 238 g/mol. The normalized spacial score (nSPS) is 16.8. The van der Waals surface area contributed by atoms with Gasteiger partial charge in [-0.05, 0) is 18.6 Å². The van der Waals surface area contributed by atoms with Gasteiger partial charge in [0, 0.05) is 38.8 Å². The fourth-order valence-corrected chi connectivity index (χ4v) is 1.98. The zero-order valence-electron chi connectivity index (χ0n) is 10.3. The highest BCUT2D eigenvalue weighted by atomic mass is 19.2. The van der Waals surface area contributed by atoms with Gasteiger partial charge in [-0.1, -0.05) is 0 Å². The van der Waals surface area contributed by atoms with Gasteiger partial charge in [0.25, 0.3) is 0 Å². The summed E-state index contributed by atoms with van der Waals surface area (Å²) in [5, 5.41) is 3.29. The van der Waals surface area contributed by atoms with Crippen LogP contribution < -0.4 is 10.1 Å². The van der Waals surface area contributed by atoms with E-state index in [1.165, 1.54) is 6.07 Å². The van der Waals surface area contributed by atoms with Crippen LogP contribution in [0.25, 0.3) is 0 Å². The summed E-state index contributed by atoms with van der Waals surface area (Å²) in [7, 11) is 0. The Kier molecular flexibility index (Phi) is 4.90. The van der Waals surface area contributed by atoms with Gasteiger partial charge in [-0.2, -0.15) is 0 Å². The molecule has 0 atom stereocenters. The molecule has 0 saturated carbocycles. The first-order valence-electron chi connectivity index (χ1n) is 6.26. The van der Waals surface area contributed by atoms with E-state index in [-0.39, 0.29) is 0 Å². The van der Waals surface area contributed by atoms with Gasteiger partial charge in [0.05, 0.1) is 6.61 Å². The van der Waals surface area contributed by atoms with Crippen LogP contribution in [0.2, 0.25) is 0 Å². The largest absolute Gasteiger partial charge is 0.493 e. The number of hydrogen-bond acceptors (Lipinski definition) is 3. The van der Waals surface area contributed by atoms with Crippen molar-refractivity contribution in [2.24, 2.45) is 0 Å². The van der Waals surface area contributed by atoms with Crippen molar-refractivity contribution >= 4 is 0 Å². The number of hydrogen-bond donors (Lipinski definition) is 1. The monoisotopic (exact) mass is 256 g/mol. The summed E-state index contributed by atoms with van der Waals surface area (Å²) < 4.78 is 31.0. The van der Waals surface area contributed by atoms with Crippen LogP contribution in [0.15, 0.2) is 18.2 Å². The summed E-state index contributed by atoms with van der Waals surface area (Å²) >= 11 is 0. The second kappa shape index (κ2) is 6.66. The zero-order chi connectivity index (χ0) is 12.8. The number of nitrogens with zero attached hydrogens (tertiary/aromatic N) is 1. The molecule has 18 heavy (non-hydrogen) atoms. The molecular formula is C13H18F2N2O. The molecule has 1 aliphatic rings. The summed E-state index contributed by atoms with van der Waals surface area (Å²) in [5.41, 5.74) is 0. The number of ether oxygens (including phenoxy) is 1. The minimum absolute atomic E-state index is 0.384. The molecule has 1 saturated heterocycles. The predicted molar refractivity (Wildman–Crippen MR) is 65.8 cm³/mol. The maximum Gasteiger partial charge on any atom is 0.162 e. The maximum absolute atomic E-state index is 12.9. The Morgan fingerprint density at radius 1 is 1.17 bits per heavy atom. The third-order valence-corrected chi connectivity index (χ3v) is 2.99. The van der Waals surface area contributed by atoms with E-state index in [1.807, 2.05) is 0 Å². The standard InChI is InChI=1S/C13H18F2N2O/c14-12-3-2-11(10-13(12)15)18-9-1-6-17-7-4-16-5-8-17/h2-3,10,16H,1,4-9H2. The summed E-state index contributed by atoms with van der Waals surface area (Å²) in [6, 6.07) is 3.62. The Balaban J connectivity index is 1.66. The van der Waals surface area contributed by atoms with Crippen LogP contribution in [-0.4, -0.2) is 44.2 Å². The van der Waals surface area contributed by atoms with Gasteiger partial charge >= 0.3 is 0 Å². The van der Waals surface area contributed by atoms with Crippen molar-refractivity contribution in [2.45, 2.75) is 6.42 Å². The van der Waals surface area contributed by atoms with Gasteiger partial charge in [-0.3, -0.25) is 0 Å². The van der Waals surface area contributed by atoms with Gasteiger partial charge in [0.2, 0.25) is 0 Å². The molecule has 1 aliphatic heterocycles. The molecule has 3 nitrogen and oxygen atoms in total. The van der Waals surface area contributed by atoms with Gasteiger partial charge in [0.15, 0.2) is 11.6 Å². The molecule has 1 fully saturated rings. The quantitative estimate of drug-likeness (QED) is 0.811. The van der Waals surface area contributed by atoms with Crippen molar-refractivity contribution in [1.29, 1.82) is 0 Å². The molecule has 0 aliphatic carbocycles. The van der Waals surface area contributed by atoms with E-state index in [4.69, 9.17) is 4.74 Å². The number of halogens is 2. The van der Waals surface area contributed by atoms with E-state index in [2.05, 4.69) is 10.2 Å². The van der Waals surface area contributed by atoms with E-state index >= 15 is 0 Å². The third-order valence-electron chi connectivity index (χ3n) is 2.99. The molecule has 1 N–H and O–H groups in total. The molecule has 0 spiro atoms. The first-order valence-corrected chi connectivity index (χ1v) is 6.26. The van der Waals surface area contributed by atoms with Crippen LogP contribution in [-0.2, 0) is 0 Å². The van der Waals surface area contributed by atoms with Crippen LogP contribution in [0.5, 0.6) is 5.75 Å². The van der Waals surface area contributed by atoms with E-state index < -0.39 is 11.6 Å². The lowest BCUT2D eigenvalue weighted by molar-refractivity contribution is 0.213. The van der Waals surface area contributed by atoms with Crippen LogP contribution in [0.3, 0.4) is 0 Å². The average molecular weight is 256 g/mol. The first kappa shape index (κ1) is 13.2. The molecule has 0 amide bonds. The second-order valence-corrected chi connectivity index (χ2v) is 4.37. The van der Waals surface area contributed by atoms with Crippen LogP contribution in [0, 0.1) is 11.6 Å². The smallest absolute Gasteiger partial charge is 0.162 e. The highest BCUT2D eigenvalue weighted by Crippen LogP contribution is 2.15. The lowest BCUT2D eigenvalue weighted by Crippen LogP contribution is -2.43. The Labute approximate surface area is 106 Å². The van der Waals surface area contributed by atoms with Gasteiger partial charge in [0.1, 0.15) is 5.75 Å². The Bertz CT molecular complexity index is 381. The lowest BCUT2D eigenvalue weighted by Gasteiger charge is -2.26. The van der Waals surface area contributed by atoms with Crippen LogP contribution in [0.1, 0.15) is 6.42 Å². The molecule has 0 aromatic heterocycles. The third kappa shape index (κ3) is 3.92. The lowest BCUT2D eigenvalue weighted by atomic mass is 10.3. The maximum atomic E-state index is 12.9. The van der Waals surface area contributed by atoms with Gasteiger partial charge < -0.3 is 15.0 Å². The van der Waals surface area contributed by atoms with Crippen molar-refractivity contribution < 1.29 is 13.5 Å². The first-order chi connectivity index (χ1) is 8.75. The van der Waals surface area contributed by atoms with Gasteiger partial charge in [-0.15, -0.1) is 0 Å². The molecule has 1 aromatic carbocycles. The fourth-order valence-electron chi connectivity index (χ4n) is 1.98. The zero-order valence-corrected chi connectivity index (χ0v) is 10.3. The number of piperazine rings is 1. The van der Waals surface area contributed by atoms with Crippen molar-refractivity contribution in [2.75, 3.05) is 39.3 Å². The Morgan fingerprint density at radius 2 is 1.94 bits per heavy atom. The SMILES string of the molecule is Fc1ccc(OCCCN2CCNCC2)cc1F. The Hall–Kier alpha value is -1.20. The van der Waals surface area contributed by atoms with E-state index in [0.29, 0.717) is 12.4 Å². The molecule has 100 valence electrons. The predicted octanol–water partition coefficient (Wildman–Crippen LogP) is 1.64. The van der Waals surface area contributed by atoms with Crippen molar-refractivity contribution in [3.05, 3.63) is 29.8 Å². The summed E-state index contributed by atoms with van der Waals surface area (Å²) in [6.45, 7) is 5.69. The van der Waals surface area contributed by atoms with E-state index in [0.717, 1.165) is 51.3 Å². The van der Waals surface area contributed by atoms with Crippen LogP contribution >= 0.6 is 0 Å². The highest BCUT2D eigenvalue weighted by molar-refractivity contribution is 5.23. The summed E-state index contributed by atoms with van der Waals surface area (Å²) in [5.74, 6) is -1.33. The van der Waals surface area contributed by atoms with Gasteiger partial charge in [-0.25, -0.2) is 8.78 Å². The number of benzene rings is 1. The molecule has 1 heterocycles. The molecule has 0 bridgehead atoms. The topological polar surface area (TPSA) is 24.5 Å². The highest BCUT2D eigenvalue weighted by Gasteiger charge is 2.08. The minimum atomic E-state index is -0.866. The summed E-state index contributed by atoms with van der Waals surface area (Å²) in [6.07, 6.45) is 0.888. The molecule has 0 unspecified atom stereocenters. The van der Waals surface area contributed by atoms with Crippen molar-refractivity contribution in [3.63, 3.8) is 0 Å². The van der Waals surface area contributed by atoms with E-state index in [9.17, 15) is 8.78 Å². The average Bonchev–Trinajstić information content (AvgIpc) is 2.40. The van der Waals surface area contributed by atoms with Crippen molar-refractivity contribution in [3.8, 4) is 5.75 Å². The molecule has 5 heteroatoms. The minimum Gasteiger partial charge on any atom is -0.493 e. The molecule has 0 radical (unpaired) electrons. The van der Waals surface area contributed by atoms with E-state index in [1.54, 1.807) is 0 Å². The number of nitrogens with one attached hydrogen (secondary N) is 1.